The monoisotopic (exact) mass is 810 g/mol. The van der Waals surface area contributed by atoms with Crippen molar-refractivity contribution in [3.05, 3.63) is 36.5 Å². The third-order valence-corrected chi connectivity index (χ3v) is 9.81. The normalized spacial score (nSPS) is 18.4. The number of hydrogen-bond donors (Lipinski definition) is 4. The number of ether oxygens (including phenoxy) is 3. The van der Waals surface area contributed by atoms with E-state index in [-0.39, 0.29) is 12.8 Å². The third-order valence-electron chi connectivity index (χ3n) is 8.37. The fraction of sp³-hybridized carbons (Fsp3) is 0.789. The van der Waals surface area contributed by atoms with Gasteiger partial charge in [0.25, 0.3) is 0 Å². The van der Waals surface area contributed by atoms with E-state index in [1.54, 1.807) is 0 Å². The van der Waals surface area contributed by atoms with Gasteiger partial charge in [-0.2, -0.15) is 0 Å². The Morgan fingerprint density at radius 3 is 2.00 bits per heavy atom. The zero-order valence-corrected chi connectivity index (χ0v) is 34.5. The summed E-state index contributed by atoms with van der Waals surface area (Å²) in [5, 5.41) is 9.71. The summed E-state index contributed by atoms with van der Waals surface area (Å²) in [6.07, 6.45) is 26.5. The molecule has 0 spiro atoms. The molecule has 16 heteroatoms. The summed E-state index contributed by atoms with van der Waals surface area (Å²) in [4.78, 5) is 52.4. The molecule has 0 aromatic heterocycles. The van der Waals surface area contributed by atoms with E-state index < -0.39 is 66.2 Å². The predicted octanol–water partition coefficient (Wildman–Crippen LogP) is 8.18. The predicted molar refractivity (Wildman–Crippen MR) is 206 cm³/mol. The maximum Gasteiger partial charge on any atom is 0.472 e. The van der Waals surface area contributed by atoms with Gasteiger partial charge < -0.3 is 34.0 Å². The van der Waals surface area contributed by atoms with Crippen LogP contribution in [0.3, 0.4) is 0 Å². The maximum atomic E-state index is 12.6. The molecular weight excluding hydrogens is 742 g/mol. The lowest BCUT2D eigenvalue weighted by Crippen LogP contribution is -2.29. The first-order valence-electron chi connectivity index (χ1n) is 19.7. The lowest BCUT2D eigenvalue weighted by molar-refractivity contribution is -0.161. The minimum Gasteiger partial charge on any atom is -0.462 e. The Morgan fingerprint density at radius 1 is 0.704 bits per heavy atom. The van der Waals surface area contributed by atoms with Crippen LogP contribution in [0.5, 0.6) is 0 Å². The van der Waals surface area contributed by atoms with Gasteiger partial charge >= 0.3 is 27.6 Å². The standard InChI is InChI=1S/C38H68O14P2/c1-4-5-18-24-35-36(52-35)25-20-15-10-8-6-7-9-11-17-22-27-38(41)51-34(30-47-37(40)26-21-16-13-12-14-19-23-32(2)3)31-50-54(45,46)49-29-33(39)28-48-53(42,43)44/h6,8-9,11,15,20,32-36,39H,4-5,7,10,12-14,16-19,21-31H2,1-3H3,(H,45,46)(H2,42,43,44)/b8-6-,11-9-,20-15-/t33-,34+,35?,36?/m0/s1. The zero-order chi connectivity index (χ0) is 40.1. The Hall–Kier alpha value is -1.70. The topological polar surface area (TPSA) is 208 Å². The SMILES string of the molecule is CCCCCC1OC1C/C=C\C/C=C\C/C=C\CCCC(=O)O[C@H](COC(=O)CCCCCCCCC(C)C)COP(=O)(O)OC[C@@H](O)COP(=O)(O)O. The van der Waals surface area contributed by atoms with E-state index >= 15 is 0 Å². The molecule has 0 aliphatic carbocycles. The van der Waals surface area contributed by atoms with E-state index in [1.165, 1.54) is 32.1 Å². The van der Waals surface area contributed by atoms with Crippen LogP contribution in [0, 0.1) is 5.92 Å². The number of carbonyl (C=O) groups excluding carboxylic acids is 2. The first-order chi connectivity index (χ1) is 25.7. The van der Waals surface area contributed by atoms with Crippen molar-refractivity contribution in [1.82, 2.24) is 0 Å². The summed E-state index contributed by atoms with van der Waals surface area (Å²) in [6.45, 7) is 3.84. The van der Waals surface area contributed by atoms with Crippen LogP contribution >= 0.6 is 15.6 Å². The Kier molecular flexibility index (Phi) is 28.4. The number of phosphoric ester groups is 2. The number of allylic oxidation sites excluding steroid dienone is 5. The molecule has 4 N–H and O–H groups in total. The van der Waals surface area contributed by atoms with E-state index in [1.807, 2.05) is 12.2 Å². The molecule has 0 radical (unpaired) electrons. The first kappa shape index (κ1) is 50.3. The van der Waals surface area contributed by atoms with Crippen molar-refractivity contribution in [1.29, 1.82) is 0 Å². The lowest BCUT2D eigenvalue weighted by atomic mass is 10.0. The van der Waals surface area contributed by atoms with Crippen LogP contribution in [-0.4, -0.2) is 82.6 Å². The van der Waals surface area contributed by atoms with Crippen molar-refractivity contribution in [2.75, 3.05) is 26.4 Å². The Morgan fingerprint density at radius 2 is 1.31 bits per heavy atom. The smallest absolute Gasteiger partial charge is 0.462 e. The molecule has 0 aromatic carbocycles. The molecule has 1 rings (SSSR count). The quantitative estimate of drug-likeness (QED) is 0.0157. The first-order valence-corrected chi connectivity index (χ1v) is 22.7. The fourth-order valence-corrected chi connectivity index (χ4v) is 6.42. The van der Waals surface area contributed by atoms with Crippen LogP contribution in [0.4, 0.5) is 0 Å². The van der Waals surface area contributed by atoms with Crippen LogP contribution in [0.1, 0.15) is 136 Å². The second-order valence-corrected chi connectivity index (χ2v) is 16.8. The number of hydrogen-bond acceptors (Lipinski definition) is 11. The molecular formula is C38H68O14P2. The van der Waals surface area contributed by atoms with Crippen LogP contribution < -0.4 is 0 Å². The molecule has 3 unspecified atom stereocenters. The summed E-state index contributed by atoms with van der Waals surface area (Å²) in [5.41, 5.74) is 0. The maximum absolute atomic E-state index is 12.6. The van der Waals surface area contributed by atoms with Crippen molar-refractivity contribution in [2.24, 2.45) is 5.92 Å². The molecule has 54 heavy (non-hydrogen) atoms. The molecule has 5 atom stereocenters. The van der Waals surface area contributed by atoms with E-state index in [4.69, 9.17) is 28.5 Å². The number of rotatable bonds is 35. The molecule has 0 amide bonds. The highest BCUT2D eigenvalue weighted by molar-refractivity contribution is 7.47. The van der Waals surface area contributed by atoms with E-state index in [0.29, 0.717) is 37.4 Å². The molecule has 1 aliphatic heterocycles. The van der Waals surface area contributed by atoms with Gasteiger partial charge in [0, 0.05) is 12.8 Å². The molecule has 1 saturated heterocycles. The number of aliphatic hydroxyl groups excluding tert-OH is 1. The van der Waals surface area contributed by atoms with Crippen LogP contribution in [0.15, 0.2) is 36.5 Å². The van der Waals surface area contributed by atoms with E-state index in [2.05, 4.69) is 54.1 Å². The van der Waals surface area contributed by atoms with Crippen molar-refractivity contribution in [3.8, 4) is 0 Å². The number of esters is 2. The molecule has 314 valence electrons. The third kappa shape index (κ3) is 31.5. The molecule has 14 nitrogen and oxygen atoms in total. The molecule has 0 aromatic rings. The van der Waals surface area contributed by atoms with Gasteiger partial charge in [0.15, 0.2) is 6.10 Å². The Labute approximate surface area is 322 Å². The second-order valence-electron chi connectivity index (χ2n) is 14.1. The zero-order valence-electron chi connectivity index (χ0n) is 32.7. The molecule has 1 heterocycles. The molecule has 0 bridgehead atoms. The van der Waals surface area contributed by atoms with Crippen LogP contribution in [0.25, 0.3) is 0 Å². The number of phosphoric acid groups is 2. The fourth-order valence-electron chi connectivity index (χ4n) is 5.26. The Balaban J connectivity index is 2.42. The highest BCUT2D eigenvalue weighted by atomic mass is 31.2. The van der Waals surface area contributed by atoms with Crippen molar-refractivity contribution in [3.63, 3.8) is 0 Å². The van der Waals surface area contributed by atoms with Crippen LogP contribution in [-0.2, 0) is 46.5 Å². The summed E-state index contributed by atoms with van der Waals surface area (Å²) >= 11 is 0. The number of aliphatic hydroxyl groups is 1. The van der Waals surface area contributed by atoms with Crippen LogP contribution in [0.2, 0.25) is 0 Å². The van der Waals surface area contributed by atoms with Gasteiger partial charge in [0.2, 0.25) is 0 Å². The summed E-state index contributed by atoms with van der Waals surface area (Å²) in [5.74, 6) is -0.415. The van der Waals surface area contributed by atoms with E-state index in [9.17, 15) is 28.7 Å². The van der Waals surface area contributed by atoms with Crippen molar-refractivity contribution < 1.29 is 66.3 Å². The Bertz CT molecular complexity index is 1180. The number of carbonyl (C=O) groups is 2. The minimum atomic E-state index is -4.86. The highest BCUT2D eigenvalue weighted by Crippen LogP contribution is 2.44. The van der Waals surface area contributed by atoms with Crippen molar-refractivity contribution in [2.45, 2.75) is 161 Å². The number of unbranched alkanes of at least 4 members (excludes halogenated alkanes) is 8. The average molecular weight is 811 g/mol. The number of epoxide rings is 1. The van der Waals surface area contributed by atoms with E-state index in [0.717, 1.165) is 51.4 Å². The summed E-state index contributed by atoms with van der Waals surface area (Å²) in [6, 6.07) is 0. The van der Waals surface area contributed by atoms with Gasteiger partial charge in [-0.3, -0.25) is 23.2 Å². The largest absolute Gasteiger partial charge is 0.472 e. The second kappa shape index (κ2) is 30.4. The van der Waals surface area contributed by atoms with Gasteiger partial charge in [-0.25, -0.2) is 9.13 Å². The molecule has 1 fully saturated rings. The van der Waals surface area contributed by atoms with Gasteiger partial charge in [-0.05, 0) is 50.9 Å². The van der Waals surface area contributed by atoms with Gasteiger partial charge in [-0.15, -0.1) is 0 Å². The minimum absolute atomic E-state index is 0.0514. The van der Waals surface area contributed by atoms with Gasteiger partial charge in [0.1, 0.15) is 12.7 Å². The van der Waals surface area contributed by atoms with Crippen molar-refractivity contribution >= 4 is 27.6 Å². The highest BCUT2D eigenvalue weighted by Gasteiger charge is 2.36. The molecule has 0 saturated carbocycles. The average Bonchev–Trinajstić information content (AvgIpc) is 3.86. The van der Waals surface area contributed by atoms with Gasteiger partial charge in [-0.1, -0.05) is 115 Å². The van der Waals surface area contributed by atoms with Gasteiger partial charge in [0.05, 0.1) is 32.0 Å². The lowest BCUT2D eigenvalue weighted by Gasteiger charge is -2.20. The summed E-state index contributed by atoms with van der Waals surface area (Å²) in [7, 11) is -9.68. The summed E-state index contributed by atoms with van der Waals surface area (Å²) < 4.78 is 53.2. The molecule has 1 aliphatic rings.